The molecule has 1 heterocycles. The molecule has 19 heavy (non-hydrogen) atoms. The van der Waals surface area contributed by atoms with Crippen molar-refractivity contribution < 1.29 is 24.5 Å². The third kappa shape index (κ3) is 2.97. The van der Waals surface area contributed by atoms with Crippen LogP contribution >= 0.6 is 0 Å². The van der Waals surface area contributed by atoms with Gasteiger partial charge in [0.1, 0.15) is 5.60 Å². The highest BCUT2D eigenvalue weighted by Crippen LogP contribution is 2.29. The maximum atomic E-state index is 12.0. The Hall–Kier alpha value is -1.79. The molecule has 0 radical (unpaired) electrons. The summed E-state index contributed by atoms with van der Waals surface area (Å²) in [4.78, 5) is 12.0. The number of carbonyl (C=O) groups excluding carboxylic acids is 1. The fourth-order valence-corrected chi connectivity index (χ4v) is 1.95. The van der Waals surface area contributed by atoms with Gasteiger partial charge in [-0.05, 0) is 12.1 Å². The second-order valence-corrected chi connectivity index (χ2v) is 4.57. The fraction of sp³-hybridized carbons (Fsp3) is 0.462. The monoisotopic (exact) mass is 267 g/mol. The molecule has 1 atom stereocenters. The lowest BCUT2D eigenvalue weighted by atomic mass is 10.0. The van der Waals surface area contributed by atoms with Crippen molar-refractivity contribution in [3.05, 3.63) is 23.8 Å². The van der Waals surface area contributed by atoms with Gasteiger partial charge in [0.2, 0.25) is 0 Å². The van der Waals surface area contributed by atoms with E-state index in [9.17, 15) is 15.0 Å². The van der Waals surface area contributed by atoms with Crippen LogP contribution in [-0.2, 0) is 4.74 Å². The number of aromatic hydroxyl groups is 1. The van der Waals surface area contributed by atoms with E-state index >= 15 is 0 Å². The molecular weight excluding hydrogens is 250 g/mol. The molecule has 1 aromatic rings. The minimum absolute atomic E-state index is 0.0858. The highest BCUT2D eigenvalue weighted by molar-refractivity contribution is 5.97. The summed E-state index contributed by atoms with van der Waals surface area (Å²) >= 11 is 0. The van der Waals surface area contributed by atoms with Crippen LogP contribution < -0.4 is 10.1 Å². The van der Waals surface area contributed by atoms with Gasteiger partial charge in [-0.15, -0.1) is 0 Å². The molecule has 2 rings (SSSR count). The van der Waals surface area contributed by atoms with E-state index in [-0.39, 0.29) is 30.2 Å². The number of aliphatic hydroxyl groups is 1. The van der Waals surface area contributed by atoms with Crippen molar-refractivity contribution in [2.75, 3.05) is 26.9 Å². The molecule has 1 fully saturated rings. The smallest absolute Gasteiger partial charge is 0.255 e. The first kappa shape index (κ1) is 13.6. The Morgan fingerprint density at radius 3 is 3.00 bits per heavy atom. The summed E-state index contributed by atoms with van der Waals surface area (Å²) in [5.74, 6) is -0.440. The summed E-state index contributed by atoms with van der Waals surface area (Å²) in [6.45, 7) is 0.774. The molecule has 6 heteroatoms. The minimum Gasteiger partial charge on any atom is -0.504 e. The molecule has 3 N–H and O–H groups in total. The number of phenolic OH excluding ortho intramolecular Hbond substituents is 1. The largest absolute Gasteiger partial charge is 0.504 e. The van der Waals surface area contributed by atoms with Crippen molar-refractivity contribution in [3.63, 3.8) is 0 Å². The summed E-state index contributed by atoms with van der Waals surface area (Å²) in [7, 11) is 1.41. The number of ether oxygens (including phenoxy) is 2. The maximum absolute atomic E-state index is 12.0. The Morgan fingerprint density at radius 2 is 2.37 bits per heavy atom. The van der Waals surface area contributed by atoms with Gasteiger partial charge in [-0.2, -0.15) is 0 Å². The standard InChI is InChI=1S/C13H17NO5/c1-18-10-4-2-3-9(11(10)15)12(16)14-7-13(17)5-6-19-8-13/h2-4,15,17H,5-8H2,1H3,(H,14,16). The normalized spacial score (nSPS) is 22.2. The number of benzene rings is 1. The van der Waals surface area contributed by atoms with E-state index in [1.807, 2.05) is 0 Å². The Bertz CT molecular complexity index is 468. The summed E-state index contributed by atoms with van der Waals surface area (Å²) in [5.41, 5.74) is -0.911. The number of rotatable bonds is 4. The molecule has 1 aromatic carbocycles. The van der Waals surface area contributed by atoms with Gasteiger partial charge in [0, 0.05) is 19.6 Å². The van der Waals surface area contributed by atoms with Crippen molar-refractivity contribution in [2.24, 2.45) is 0 Å². The SMILES string of the molecule is COc1cccc(C(=O)NCC2(O)CCOC2)c1O. The first-order valence-electron chi connectivity index (χ1n) is 6.00. The van der Waals surface area contributed by atoms with Crippen LogP contribution in [0.3, 0.4) is 0 Å². The van der Waals surface area contributed by atoms with Gasteiger partial charge in [-0.25, -0.2) is 0 Å². The number of methoxy groups -OCH3 is 1. The second-order valence-electron chi connectivity index (χ2n) is 4.57. The summed E-state index contributed by atoms with van der Waals surface area (Å²) in [6.07, 6.45) is 0.484. The first-order valence-corrected chi connectivity index (χ1v) is 6.00. The molecule has 6 nitrogen and oxygen atoms in total. The molecule has 1 saturated heterocycles. The Labute approximate surface area is 111 Å². The van der Waals surface area contributed by atoms with Crippen LogP contribution in [0.15, 0.2) is 18.2 Å². The third-order valence-corrected chi connectivity index (χ3v) is 3.12. The molecule has 0 aliphatic carbocycles. The molecule has 1 unspecified atom stereocenters. The van der Waals surface area contributed by atoms with Crippen LogP contribution in [0.1, 0.15) is 16.8 Å². The molecule has 0 saturated carbocycles. The Balaban J connectivity index is 2.04. The lowest BCUT2D eigenvalue weighted by molar-refractivity contribution is 0.0264. The van der Waals surface area contributed by atoms with E-state index in [2.05, 4.69) is 5.32 Å². The zero-order chi connectivity index (χ0) is 13.9. The van der Waals surface area contributed by atoms with Gasteiger partial charge < -0.3 is 25.0 Å². The van der Waals surface area contributed by atoms with E-state index < -0.39 is 11.5 Å². The van der Waals surface area contributed by atoms with Gasteiger partial charge in [0.25, 0.3) is 5.91 Å². The topological polar surface area (TPSA) is 88.0 Å². The number of hydrogen-bond acceptors (Lipinski definition) is 5. The predicted molar refractivity (Wildman–Crippen MR) is 67.4 cm³/mol. The van der Waals surface area contributed by atoms with Crippen LogP contribution in [0.4, 0.5) is 0 Å². The van der Waals surface area contributed by atoms with E-state index in [4.69, 9.17) is 9.47 Å². The highest BCUT2D eigenvalue weighted by atomic mass is 16.5. The van der Waals surface area contributed by atoms with Crippen molar-refractivity contribution in [1.29, 1.82) is 0 Å². The van der Waals surface area contributed by atoms with Crippen LogP contribution in [0.2, 0.25) is 0 Å². The Morgan fingerprint density at radius 1 is 1.58 bits per heavy atom. The van der Waals surface area contributed by atoms with Gasteiger partial charge in [-0.1, -0.05) is 6.07 Å². The summed E-state index contributed by atoms with van der Waals surface area (Å²) in [6, 6.07) is 4.66. The number of carbonyl (C=O) groups is 1. The minimum atomic E-state index is -1.02. The molecule has 0 bridgehead atoms. The van der Waals surface area contributed by atoms with Crippen molar-refractivity contribution >= 4 is 5.91 Å². The van der Waals surface area contributed by atoms with Gasteiger partial charge in [-0.3, -0.25) is 4.79 Å². The summed E-state index contributed by atoms with van der Waals surface area (Å²) in [5, 5.41) is 22.5. The fourth-order valence-electron chi connectivity index (χ4n) is 1.95. The van der Waals surface area contributed by atoms with Gasteiger partial charge in [0.15, 0.2) is 11.5 Å². The average Bonchev–Trinajstić information content (AvgIpc) is 2.84. The van der Waals surface area contributed by atoms with E-state index in [1.165, 1.54) is 13.2 Å². The quantitative estimate of drug-likeness (QED) is 0.729. The lowest BCUT2D eigenvalue weighted by Gasteiger charge is -2.20. The van der Waals surface area contributed by atoms with E-state index in [0.717, 1.165) is 0 Å². The number of nitrogens with one attached hydrogen (secondary N) is 1. The molecule has 1 aliphatic rings. The van der Waals surface area contributed by atoms with Crippen molar-refractivity contribution in [1.82, 2.24) is 5.32 Å². The molecule has 1 amide bonds. The van der Waals surface area contributed by atoms with Crippen molar-refractivity contribution in [3.8, 4) is 11.5 Å². The van der Waals surface area contributed by atoms with Crippen LogP contribution in [0.5, 0.6) is 11.5 Å². The maximum Gasteiger partial charge on any atom is 0.255 e. The van der Waals surface area contributed by atoms with Crippen LogP contribution in [0, 0.1) is 0 Å². The van der Waals surface area contributed by atoms with Crippen LogP contribution in [0.25, 0.3) is 0 Å². The van der Waals surface area contributed by atoms with Gasteiger partial charge in [0.05, 0.1) is 19.3 Å². The molecule has 0 aromatic heterocycles. The molecule has 1 aliphatic heterocycles. The van der Waals surface area contributed by atoms with Gasteiger partial charge >= 0.3 is 0 Å². The van der Waals surface area contributed by atoms with E-state index in [1.54, 1.807) is 12.1 Å². The van der Waals surface area contributed by atoms with E-state index in [0.29, 0.717) is 13.0 Å². The molecular formula is C13H17NO5. The zero-order valence-corrected chi connectivity index (χ0v) is 10.7. The molecule has 104 valence electrons. The third-order valence-electron chi connectivity index (χ3n) is 3.12. The highest BCUT2D eigenvalue weighted by Gasteiger charge is 2.32. The number of para-hydroxylation sites is 1. The Kier molecular flexibility index (Phi) is 3.92. The number of phenols is 1. The summed E-state index contributed by atoms with van der Waals surface area (Å²) < 4.78 is 10.0. The second kappa shape index (κ2) is 5.46. The van der Waals surface area contributed by atoms with Crippen molar-refractivity contribution in [2.45, 2.75) is 12.0 Å². The molecule has 0 spiro atoms. The average molecular weight is 267 g/mol. The van der Waals surface area contributed by atoms with Crippen LogP contribution in [-0.4, -0.2) is 48.6 Å². The predicted octanol–water partition coefficient (Wildman–Crippen LogP) is 0.282. The first-order chi connectivity index (χ1) is 9.06. The lowest BCUT2D eigenvalue weighted by Crippen LogP contribution is -2.43. The number of hydrogen-bond donors (Lipinski definition) is 3. The number of amides is 1. The zero-order valence-electron chi connectivity index (χ0n) is 10.7.